The minimum atomic E-state index is -0.198. The quantitative estimate of drug-likeness (QED) is 0.723. The van der Waals surface area contributed by atoms with Gasteiger partial charge in [0.15, 0.2) is 0 Å². The van der Waals surface area contributed by atoms with Gasteiger partial charge in [-0.2, -0.15) is 0 Å². The molecule has 2 N–H and O–H groups in total. The molecular formula is C19H26O3. The lowest BCUT2D eigenvalue weighted by Crippen LogP contribution is -2.54. The second-order valence-electron chi connectivity index (χ2n) is 8.57. The van der Waals surface area contributed by atoms with Gasteiger partial charge in [-0.05, 0) is 62.5 Å². The highest BCUT2D eigenvalue weighted by molar-refractivity contribution is 5.47. The lowest BCUT2D eigenvalue weighted by Gasteiger charge is -2.53. The fraction of sp³-hybridized carbons (Fsp3) is 0.789. The number of allylic oxidation sites excluding steroid dienone is 1. The van der Waals surface area contributed by atoms with E-state index in [1.807, 2.05) is 0 Å². The summed E-state index contributed by atoms with van der Waals surface area (Å²) < 4.78 is 6.90. The van der Waals surface area contributed by atoms with Gasteiger partial charge in [-0.1, -0.05) is 19.1 Å². The maximum atomic E-state index is 10.5. The Balaban J connectivity index is 1.64. The highest BCUT2D eigenvalue weighted by atomic mass is 16.5. The Labute approximate surface area is 132 Å². The highest BCUT2D eigenvalue weighted by Gasteiger charge is 2.66. The molecule has 0 radical (unpaired) electrons. The molecule has 6 unspecified atom stereocenters. The van der Waals surface area contributed by atoms with Crippen LogP contribution in [0.4, 0.5) is 0 Å². The second kappa shape index (κ2) is 4.06. The number of rotatable bonds is 0. The molecule has 2 saturated carbocycles. The van der Waals surface area contributed by atoms with E-state index in [2.05, 4.69) is 19.1 Å². The molecule has 5 rings (SSSR count). The third-order valence-electron chi connectivity index (χ3n) is 7.63. The normalized spacial score (nSPS) is 55.9. The average molecular weight is 302 g/mol. The molecule has 2 bridgehead atoms. The van der Waals surface area contributed by atoms with Crippen LogP contribution in [0.1, 0.15) is 58.3 Å². The molecule has 6 atom stereocenters. The molecule has 3 fully saturated rings. The van der Waals surface area contributed by atoms with Gasteiger partial charge < -0.3 is 14.9 Å². The summed E-state index contributed by atoms with van der Waals surface area (Å²) in [5.41, 5.74) is 2.39. The van der Waals surface area contributed by atoms with Gasteiger partial charge >= 0.3 is 0 Å². The molecule has 0 amide bonds. The second-order valence-corrected chi connectivity index (χ2v) is 8.57. The number of ether oxygens (including phenoxy) is 1. The fourth-order valence-electron chi connectivity index (χ4n) is 6.31. The van der Waals surface area contributed by atoms with Gasteiger partial charge in [-0.3, -0.25) is 0 Å². The summed E-state index contributed by atoms with van der Waals surface area (Å²) in [6.45, 7) is 2.26. The Kier molecular flexibility index (Phi) is 2.54. The van der Waals surface area contributed by atoms with Crippen molar-refractivity contribution >= 4 is 0 Å². The predicted octanol–water partition coefficient (Wildman–Crippen LogP) is 2.87. The van der Waals surface area contributed by atoms with Gasteiger partial charge in [0.05, 0.1) is 23.4 Å². The summed E-state index contributed by atoms with van der Waals surface area (Å²) in [5, 5.41) is 20.6. The Morgan fingerprint density at radius 3 is 2.86 bits per heavy atom. The van der Waals surface area contributed by atoms with E-state index >= 15 is 0 Å². The molecule has 3 aliphatic carbocycles. The minimum absolute atomic E-state index is 0.0193. The SMILES string of the molecule is CC12CC=C3C=C4CC(O)CCC45CCC3(O5)C1CCC2O. The van der Waals surface area contributed by atoms with Crippen LogP contribution in [0.2, 0.25) is 0 Å². The van der Waals surface area contributed by atoms with Crippen LogP contribution in [0.5, 0.6) is 0 Å². The van der Waals surface area contributed by atoms with E-state index in [1.165, 1.54) is 11.1 Å². The van der Waals surface area contributed by atoms with Crippen molar-refractivity contribution in [3.63, 3.8) is 0 Å². The first kappa shape index (κ1) is 13.8. The monoisotopic (exact) mass is 302 g/mol. The number of aliphatic hydroxyl groups excluding tert-OH is 2. The zero-order valence-electron chi connectivity index (χ0n) is 13.3. The standard InChI is InChI=1S/C19H26O3/c1-17-6-4-12-10-13-11-14(20)5-7-18(13)8-9-19(12,22-18)15(17)2-3-16(17)21/h4,10,14-16,20-21H,2-3,5-9,11H2,1H3. The van der Waals surface area contributed by atoms with Gasteiger partial charge in [0.2, 0.25) is 0 Å². The van der Waals surface area contributed by atoms with Crippen LogP contribution in [0, 0.1) is 11.3 Å². The predicted molar refractivity (Wildman–Crippen MR) is 83.3 cm³/mol. The minimum Gasteiger partial charge on any atom is -0.393 e. The fourth-order valence-corrected chi connectivity index (χ4v) is 6.31. The van der Waals surface area contributed by atoms with Gasteiger partial charge in [0, 0.05) is 11.3 Å². The highest BCUT2D eigenvalue weighted by Crippen LogP contribution is 2.66. The summed E-state index contributed by atoms with van der Waals surface area (Å²) in [5.74, 6) is 0.444. The Hall–Kier alpha value is -0.640. The van der Waals surface area contributed by atoms with Gasteiger partial charge in [-0.25, -0.2) is 0 Å². The molecule has 3 heteroatoms. The smallest absolute Gasteiger partial charge is 0.0975 e. The van der Waals surface area contributed by atoms with Crippen molar-refractivity contribution < 1.29 is 14.9 Å². The van der Waals surface area contributed by atoms with Crippen molar-refractivity contribution in [3.05, 3.63) is 23.3 Å². The molecular weight excluding hydrogens is 276 g/mol. The third-order valence-corrected chi connectivity index (χ3v) is 7.63. The molecule has 0 aromatic carbocycles. The number of hydrogen-bond acceptors (Lipinski definition) is 3. The summed E-state index contributed by atoms with van der Waals surface area (Å²) >= 11 is 0. The van der Waals surface area contributed by atoms with E-state index in [0.717, 1.165) is 51.4 Å². The zero-order chi connectivity index (χ0) is 15.2. The average Bonchev–Trinajstić information content (AvgIpc) is 2.97. The van der Waals surface area contributed by atoms with Crippen LogP contribution < -0.4 is 0 Å². The lowest BCUT2D eigenvalue weighted by molar-refractivity contribution is -0.146. The molecule has 22 heavy (non-hydrogen) atoms. The summed E-state index contributed by atoms with van der Waals surface area (Å²) in [6.07, 6.45) is 12.0. The van der Waals surface area contributed by atoms with E-state index in [0.29, 0.717) is 5.92 Å². The van der Waals surface area contributed by atoms with E-state index in [4.69, 9.17) is 4.74 Å². The van der Waals surface area contributed by atoms with E-state index < -0.39 is 0 Å². The van der Waals surface area contributed by atoms with Crippen molar-refractivity contribution in [3.8, 4) is 0 Å². The first-order chi connectivity index (χ1) is 10.5. The number of hydrogen-bond donors (Lipinski definition) is 2. The topological polar surface area (TPSA) is 49.7 Å². The van der Waals surface area contributed by atoms with Crippen LogP contribution in [-0.2, 0) is 4.74 Å². The Bertz CT molecular complexity index is 593. The zero-order valence-corrected chi connectivity index (χ0v) is 13.3. The first-order valence-corrected chi connectivity index (χ1v) is 8.97. The van der Waals surface area contributed by atoms with E-state index in [-0.39, 0.29) is 28.8 Å². The van der Waals surface area contributed by atoms with Crippen LogP contribution >= 0.6 is 0 Å². The number of fused-ring (bicyclic) bond motifs is 1. The first-order valence-electron chi connectivity index (χ1n) is 8.97. The molecule has 2 spiro atoms. The van der Waals surface area contributed by atoms with Crippen LogP contribution in [0.25, 0.3) is 0 Å². The lowest BCUT2D eigenvalue weighted by atomic mass is 9.60. The van der Waals surface area contributed by atoms with E-state index in [1.54, 1.807) is 0 Å². The summed E-state index contributed by atoms with van der Waals surface area (Å²) in [6, 6.07) is 0. The third kappa shape index (κ3) is 1.44. The molecule has 1 saturated heterocycles. The van der Waals surface area contributed by atoms with Crippen molar-refractivity contribution in [1.82, 2.24) is 0 Å². The van der Waals surface area contributed by atoms with Crippen LogP contribution in [0.3, 0.4) is 0 Å². The maximum Gasteiger partial charge on any atom is 0.0975 e. The summed E-state index contributed by atoms with van der Waals surface area (Å²) in [7, 11) is 0. The van der Waals surface area contributed by atoms with Gasteiger partial charge in [0.1, 0.15) is 0 Å². The van der Waals surface area contributed by atoms with Gasteiger partial charge in [0.25, 0.3) is 0 Å². The molecule has 3 nitrogen and oxygen atoms in total. The van der Waals surface area contributed by atoms with Crippen molar-refractivity contribution in [2.75, 3.05) is 0 Å². The van der Waals surface area contributed by atoms with Crippen LogP contribution in [0.15, 0.2) is 23.3 Å². The molecule has 0 aromatic heterocycles. The summed E-state index contributed by atoms with van der Waals surface area (Å²) in [4.78, 5) is 0. The van der Waals surface area contributed by atoms with Crippen LogP contribution in [-0.4, -0.2) is 33.6 Å². The van der Waals surface area contributed by atoms with Crippen molar-refractivity contribution in [2.45, 2.75) is 81.7 Å². The van der Waals surface area contributed by atoms with Crippen molar-refractivity contribution in [2.24, 2.45) is 11.3 Å². The van der Waals surface area contributed by atoms with Gasteiger partial charge in [-0.15, -0.1) is 0 Å². The Morgan fingerprint density at radius 1 is 1.14 bits per heavy atom. The van der Waals surface area contributed by atoms with E-state index in [9.17, 15) is 10.2 Å². The number of aliphatic hydroxyl groups is 2. The molecule has 5 aliphatic rings. The molecule has 2 heterocycles. The Morgan fingerprint density at radius 2 is 2.00 bits per heavy atom. The largest absolute Gasteiger partial charge is 0.393 e. The van der Waals surface area contributed by atoms with Crippen molar-refractivity contribution in [1.29, 1.82) is 0 Å². The molecule has 2 aliphatic heterocycles. The molecule has 0 aromatic rings. The molecule has 120 valence electrons. The maximum absolute atomic E-state index is 10.5.